The van der Waals surface area contributed by atoms with Crippen LogP contribution in [0, 0.1) is 28.6 Å². The molecule has 2 aromatic rings. The summed E-state index contributed by atoms with van der Waals surface area (Å²) in [5, 5.41) is 12.9. The second-order valence-electron chi connectivity index (χ2n) is 10.3. The molecule has 0 radical (unpaired) electrons. The Morgan fingerprint density at radius 3 is 2.56 bits per heavy atom. The third kappa shape index (κ3) is 4.77. The Bertz CT molecular complexity index is 1080. The number of amides is 1. The van der Waals surface area contributed by atoms with Crippen LogP contribution in [0.25, 0.3) is 10.9 Å². The molecule has 3 rings (SSSR count). The van der Waals surface area contributed by atoms with Gasteiger partial charge in [-0.05, 0) is 55.1 Å². The number of benzene rings is 1. The maximum Gasteiger partial charge on any atom is 0.339 e. The molecule has 1 aliphatic carbocycles. The van der Waals surface area contributed by atoms with Crippen LogP contribution in [0.5, 0.6) is 0 Å². The van der Waals surface area contributed by atoms with E-state index >= 15 is 0 Å². The van der Waals surface area contributed by atoms with Crippen molar-refractivity contribution < 1.29 is 14.3 Å². The van der Waals surface area contributed by atoms with Crippen molar-refractivity contribution in [1.82, 2.24) is 10.3 Å². The molecular weight excluding hydrogens is 402 g/mol. The molecule has 1 aliphatic rings. The number of hydrogen-bond donors (Lipinski definition) is 1. The predicted molar refractivity (Wildman–Crippen MR) is 124 cm³/mol. The van der Waals surface area contributed by atoms with E-state index in [4.69, 9.17) is 9.72 Å². The molecule has 1 heterocycles. The maximum absolute atomic E-state index is 13.3. The van der Waals surface area contributed by atoms with Crippen molar-refractivity contribution in [3.05, 3.63) is 41.1 Å². The Kier molecular flexibility index (Phi) is 6.59. The van der Waals surface area contributed by atoms with Gasteiger partial charge in [0.15, 0.2) is 6.61 Å². The first-order valence-electron chi connectivity index (χ1n) is 11.3. The maximum atomic E-state index is 13.3. The number of ether oxygens (including phenoxy) is 1. The number of rotatable bonds is 5. The summed E-state index contributed by atoms with van der Waals surface area (Å²) < 4.78 is 5.47. The van der Waals surface area contributed by atoms with Crippen molar-refractivity contribution in [2.45, 2.75) is 66.3 Å². The molecule has 6 nitrogen and oxygen atoms in total. The van der Waals surface area contributed by atoms with Gasteiger partial charge in [0, 0.05) is 11.1 Å². The molecule has 1 aromatic heterocycles. The van der Waals surface area contributed by atoms with Crippen LogP contribution in [0.15, 0.2) is 24.3 Å². The lowest BCUT2D eigenvalue weighted by molar-refractivity contribution is -0.125. The van der Waals surface area contributed by atoms with Gasteiger partial charge in [-0.15, -0.1) is 0 Å². The molecule has 2 atom stereocenters. The number of aromatic nitrogens is 1. The van der Waals surface area contributed by atoms with E-state index in [9.17, 15) is 14.9 Å². The normalized spacial score (nSPS) is 17.9. The van der Waals surface area contributed by atoms with Gasteiger partial charge in [0.25, 0.3) is 5.91 Å². The van der Waals surface area contributed by atoms with E-state index in [2.05, 4.69) is 32.2 Å². The van der Waals surface area contributed by atoms with Gasteiger partial charge in [0.2, 0.25) is 0 Å². The highest BCUT2D eigenvalue weighted by molar-refractivity contribution is 6.05. The van der Waals surface area contributed by atoms with E-state index in [1.54, 1.807) is 6.92 Å². The first-order chi connectivity index (χ1) is 15.0. The summed E-state index contributed by atoms with van der Waals surface area (Å²) in [6.45, 7) is 11.6. The molecule has 0 saturated carbocycles. The minimum Gasteiger partial charge on any atom is -0.452 e. The summed E-state index contributed by atoms with van der Waals surface area (Å²) in [6, 6.07) is 9.69. The fourth-order valence-electron chi connectivity index (χ4n) is 4.19. The van der Waals surface area contributed by atoms with E-state index < -0.39 is 24.0 Å². The van der Waals surface area contributed by atoms with Gasteiger partial charge >= 0.3 is 5.97 Å². The van der Waals surface area contributed by atoms with Gasteiger partial charge in [0.1, 0.15) is 5.54 Å². The third-order valence-electron chi connectivity index (χ3n) is 6.81. The van der Waals surface area contributed by atoms with Crippen molar-refractivity contribution >= 4 is 22.8 Å². The standard InChI is InChI=1S/C26H33N3O3/c1-16(2)26(6,15-27)29-22(30)14-32-24(31)23-18-9-7-8-10-20(18)28-21-12-11-17(13-19(21)23)25(3,4)5/h7-10,16-17H,11-14H2,1-6H3,(H,29,30). The second kappa shape index (κ2) is 8.90. The van der Waals surface area contributed by atoms with Crippen LogP contribution in [0.2, 0.25) is 0 Å². The van der Waals surface area contributed by atoms with Crippen molar-refractivity contribution in [2.75, 3.05) is 6.61 Å². The highest BCUT2D eigenvalue weighted by Gasteiger charge is 2.34. The lowest BCUT2D eigenvalue weighted by Crippen LogP contribution is -2.50. The van der Waals surface area contributed by atoms with Gasteiger partial charge in [-0.1, -0.05) is 52.8 Å². The Morgan fingerprint density at radius 1 is 1.25 bits per heavy atom. The smallest absolute Gasteiger partial charge is 0.339 e. The van der Waals surface area contributed by atoms with Crippen LogP contribution in [0.1, 0.15) is 69.6 Å². The van der Waals surface area contributed by atoms with E-state index in [1.165, 1.54) is 0 Å². The predicted octanol–water partition coefficient (Wildman–Crippen LogP) is 4.60. The number of pyridine rings is 1. The summed E-state index contributed by atoms with van der Waals surface area (Å²) in [6.07, 6.45) is 2.60. The number of hydrogen-bond acceptors (Lipinski definition) is 5. The molecule has 32 heavy (non-hydrogen) atoms. The van der Waals surface area contributed by atoms with Crippen LogP contribution in [-0.4, -0.2) is 29.0 Å². The molecule has 0 fully saturated rings. The third-order valence-corrected chi connectivity index (χ3v) is 6.81. The highest BCUT2D eigenvalue weighted by Crippen LogP contribution is 2.39. The van der Waals surface area contributed by atoms with E-state index in [0.29, 0.717) is 11.5 Å². The first kappa shape index (κ1) is 23.7. The van der Waals surface area contributed by atoms with Crippen LogP contribution < -0.4 is 5.32 Å². The Morgan fingerprint density at radius 2 is 1.94 bits per heavy atom. The molecule has 0 spiro atoms. The van der Waals surface area contributed by atoms with Gasteiger partial charge in [0.05, 0.1) is 17.1 Å². The zero-order valence-corrected chi connectivity index (χ0v) is 19.9. The van der Waals surface area contributed by atoms with E-state index in [1.807, 2.05) is 38.1 Å². The number of para-hydroxylation sites is 1. The lowest BCUT2D eigenvalue weighted by Gasteiger charge is -2.35. The highest BCUT2D eigenvalue weighted by atomic mass is 16.5. The largest absolute Gasteiger partial charge is 0.452 e. The van der Waals surface area contributed by atoms with Gasteiger partial charge in [-0.2, -0.15) is 5.26 Å². The Labute approximate surface area is 190 Å². The summed E-state index contributed by atoms with van der Waals surface area (Å²) in [4.78, 5) is 30.5. The van der Waals surface area contributed by atoms with Crippen LogP contribution in [-0.2, 0) is 22.4 Å². The number of nitrogens with one attached hydrogen (secondary N) is 1. The molecule has 1 N–H and O–H groups in total. The molecule has 1 aromatic carbocycles. The van der Waals surface area contributed by atoms with E-state index in [-0.39, 0.29) is 11.3 Å². The summed E-state index contributed by atoms with van der Waals surface area (Å²) in [5.41, 5.74) is 2.24. The first-order valence-corrected chi connectivity index (χ1v) is 11.3. The Hall–Kier alpha value is -2.94. The Balaban J connectivity index is 1.90. The van der Waals surface area contributed by atoms with Crippen LogP contribution in [0.3, 0.4) is 0 Å². The fourth-order valence-corrected chi connectivity index (χ4v) is 4.19. The van der Waals surface area contributed by atoms with Crippen molar-refractivity contribution in [2.24, 2.45) is 17.3 Å². The lowest BCUT2D eigenvalue weighted by atomic mass is 9.70. The van der Waals surface area contributed by atoms with Gasteiger partial charge in [-0.3, -0.25) is 9.78 Å². The summed E-state index contributed by atoms with van der Waals surface area (Å²) >= 11 is 0. The number of aryl methyl sites for hydroxylation is 1. The molecule has 170 valence electrons. The van der Waals surface area contributed by atoms with Crippen LogP contribution >= 0.6 is 0 Å². The van der Waals surface area contributed by atoms with Crippen molar-refractivity contribution in [1.29, 1.82) is 5.26 Å². The zero-order chi connectivity index (χ0) is 23.7. The number of fused-ring (bicyclic) bond motifs is 2. The average molecular weight is 436 g/mol. The van der Waals surface area contributed by atoms with Crippen molar-refractivity contribution in [3.63, 3.8) is 0 Å². The number of nitriles is 1. The number of nitrogens with zero attached hydrogens (tertiary/aromatic N) is 2. The average Bonchev–Trinajstić information content (AvgIpc) is 2.74. The number of esters is 1. The fraction of sp³-hybridized carbons (Fsp3) is 0.538. The molecule has 0 saturated heterocycles. The van der Waals surface area contributed by atoms with Crippen molar-refractivity contribution in [3.8, 4) is 6.07 Å². The van der Waals surface area contributed by atoms with Gasteiger partial charge < -0.3 is 10.1 Å². The monoisotopic (exact) mass is 435 g/mol. The number of carbonyl (C=O) groups excluding carboxylic acids is 2. The van der Waals surface area contributed by atoms with E-state index in [0.717, 1.165) is 41.4 Å². The number of carbonyl (C=O) groups is 2. The summed E-state index contributed by atoms with van der Waals surface area (Å²) in [5.74, 6) is -0.670. The minimum atomic E-state index is -1.02. The molecule has 1 amide bonds. The quantitative estimate of drug-likeness (QED) is 0.693. The topological polar surface area (TPSA) is 92.1 Å². The van der Waals surface area contributed by atoms with Crippen LogP contribution in [0.4, 0.5) is 0 Å². The molecule has 2 unspecified atom stereocenters. The molecular formula is C26H33N3O3. The SMILES string of the molecule is CC(C)C(C)(C#N)NC(=O)COC(=O)c1c2c(nc3ccccc13)CCC(C(C)(C)C)C2. The zero-order valence-electron chi connectivity index (χ0n) is 19.9. The molecule has 0 aliphatic heterocycles. The summed E-state index contributed by atoms with van der Waals surface area (Å²) in [7, 11) is 0. The second-order valence-corrected chi connectivity index (χ2v) is 10.3. The molecule has 6 heteroatoms. The minimum absolute atomic E-state index is 0.0855. The van der Waals surface area contributed by atoms with Gasteiger partial charge in [-0.25, -0.2) is 4.79 Å². The molecule has 0 bridgehead atoms.